The number of aryl methyl sites for hydroxylation is 2. The summed E-state index contributed by atoms with van der Waals surface area (Å²) in [5.41, 5.74) is 3.83. The van der Waals surface area contributed by atoms with Crippen LogP contribution in [-0.4, -0.2) is 65.5 Å². The fourth-order valence-electron chi connectivity index (χ4n) is 3.47. The normalized spacial score (nSPS) is 23.4. The van der Waals surface area contributed by atoms with Gasteiger partial charge in [0.15, 0.2) is 0 Å². The molecule has 0 radical (unpaired) electrons. The molecular weight excluding hydrogens is 276 g/mol. The summed E-state index contributed by atoms with van der Waals surface area (Å²) in [6.07, 6.45) is 3.18. The minimum Gasteiger partial charge on any atom is -0.374 e. The summed E-state index contributed by atoms with van der Waals surface area (Å²) >= 11 is 0. The molecule has 3 rings (SSSR count). The van der Waals surface area contributed by atoms with Crippen molar-refractivity contribution < 1.29 is 4.74 Å². The number of ether oxygens (including phenoxy) is 1. The molecule has 124 valence electrons. The maximum Gasteiger partial charge on any atom is 0.0829 e. The van der Waals surface area contributed by atoms with Gasteiger partial charge in [0.1, 0.15) is 0 Å². The zero-order valence-corrected chi connectivity index (χ0v) is 14.5. The average Bonchev–Trinajstić information content (AvgIpc) is 3.23. The van der Waals surface area contributed by atoms with Crippen LogP contribution in [0.5, 0.6) is 0 Å². The SMILES string of the molecule is Cc1nn(C)c(C)c1CN1CCO[C@H](CN(C)CC2CC2)C1. The van der Waals surface area contributed by atoms with Crippen molar-refractivity contribution in [1.29, 1.82) is 0 Å². The molecule has 1 atom stereocenters. The summed E-state index contributed by atoms with van der Waals surface area (Å²) in [7, 11) is 4.26. The van der Waals surface area contributed by atoms with Gasteiger partial charge in [0, 0.05) is 51.0 Å². The summed E-state index contributed by atoms with van der Waals surface area (Å²) in [4.78, 5) is 4.97. The van der Waals surface area contributed by atoms with Gasteiger partial charge in [0.25, 0.3) is 0 Å². The summed E-state index contributed by atoms with van der Waals surface area (Å²) in [5.74, 6) is 0.949. The number of hydrogen-bond acceptors (Lipinski definition) is 4. The van der Waals surface area contributed by atoms with E-state index in [1.165, 1.54) is 30.6 Å². The third kappa shape index (κ3) is 3.89. The Hall–Kier alpha value is -0.910. The van der Waals surface area contributed by atoms with Crippen molar-refractivity contribution in [3.05, 3.63) is 17.0 Å². The zero-order valence-electron chi connectivity index (χ0n) is 14.5. The molecule has 1 aromatic rings. The molecule has 2 heterocycles. The summed E-state index contributed by atoms with van der Waals surface area (Å²) < 4.78 is 7.97. The molecule has 0 unspecified atom stereocenters. The molecule has 5 heteroatoms. The first-order valence-corrected chi connectivity index (χ1v) is 8.54. The molecule has 0 aromatic carbocycles. The molecule has 0 amide bonds. The van der Waals surface area contributed by atoms with Crippen molar-refractivity contribution in [2.75, 3.05) is 39.8 Å². The molecule has 5 nitrogen and oxygen atoms in total. The lowest BCUT2D eigenvalue weighted by Crippen LogP contribution is -2.46. The third-order valence-corrected chi connectivity index (χ3v) is 5.05. The number of likely N-dealkylation sites (N-methyl/N-ethyl adjacent to an activating group) is 1. The Morgan fingerprint density at radius 2 is 2.05 bits per heavy atom. The minimum atomic E-state index is 0.342. The highest BCUT2D eigenvalue weighted by atomic mass is 16.5. The van der Waals surface area contributed by atoms with Crippen molar-refractivity contribution in [2.45, 2.75) is 39.3 Å². The van der Waals surface area contributed by atoms with Gasteiger partial charge < -0.3 is 9.64 Å². The number of hydrogen-bond donors (Lipinski definition) is 0. The van der Waals surface area contributed by atoms with Crippen LogP contribution in [0.2, 0.25) is 0 Å². The Balaban J connectivity index is 1.53. The van der Waals surface area contributed by atoms with E-state index in [0.717, 1.165) is 44.4 Å². The van der Waals surface area contributed by atoms with Crippen molar-refractivity contribution in [3.8, 4) is 0 Å². The van der Waals surface area contributed by atoms with Gasteiger partial charge in [-0.3, -0.25) is 9.58 Å². The lowest BCUT2D eigenvalue weighted by atomic mass is 10.1. The van der Waals surface area contributed by atoms with E-state index in [1.54, 1.807) is 0 Å². The van der Waals surface area contributed by atoms with Gasteiger partial charge in [-0.2, -0.15) is 5.10 Å². The minimum absolute atomic E-state index is 0.342. The first-order chi connectivity index (χ1) is 10.5. The van der Waals surface area contributed by atoms with Crippen LogP contribution in [0.4, 0.5) is 0 Å². The molecular formula is C17H30N4O. The van der Waals surface area contributed by atoms with Crippen molar-refractivity contribution >= 4 is 0 Å². The van der Waals surface area contributed by atoms with Gasteiger partial charge in [0.2, 0.25) is 0 Å². The largest absolute Gasteiger partial charge is 0.374 e. The number of rotatable bonds is 6. The fourth-order valence-corrected chi connectivity index (χ4v) is 3.47. The van der Waals surface area contributed by atoms with Crippen LogP contribution < -0.4 is 0 Å². The monoisotopic (exact) mass is 306 g/mol. The van der Waals surface area contributed by atoms with E-state index in [2.05, 4.69) is 35.8 Å². The molecule has 1 aromatic heterocycles. The molecule has 0 spiro atoms. The van der Waals surface area contributed by atoms with E-state index in [-0.39, 0.29) is 0 Å². The fraction of sp³-hybridized carbons (Fsp3) is 0.824. The summed E-state index contributed by atoms with van der Waals surface area (Å²) in [5, 5.41) is 4.53. The van der Waals surface area contributed by atoms with Gasteiger partial charge in [-0.25, -0.2) is 0 Å². The van der Waals surface area contributed by atoms with E-state index >= 15 is 0 Å². The average molecular weight is 306 g/mol. The van der Waals surface area contributed by atoms with Crippen LogP contribution in [0, 0.1) is 19.8 Å². The van der Waals surface area contributed by atoms with E-state index in [0.29, 0.717) is 6.10 Å². The lowest BCUT2D eigenvalue weighted by molar-refractivity contribution is -0.0435. The Morgan fingerprint density at radius 1 is 1.27 bits per heavy atom. The number of aromatic nitrogens is 2. The molecule has 1 aliphatic heterocycles. The van der Waals surface area contributed by atoms with Gasteiger partial charge in [0.05, 0.1) is 18.4 Å². The van der Waals surface area contributed by atoms with Crippen LogP contribution in [0.3, 0.4) is 0 Å². The predicted molar refractivity (Wildman–Crippen MR) is 87.9 cm³/mol. The molecule has 2 fully saturated rings. The summed E-state index contributed by atoms with van der Waals surface area (Å²) in [6, 6.07) is 0. The Labute approximate surface area is 134 Å². The van der Waals surface area contributed by atoms with Crippen LogP contribution in [-0.2, 0) is 18.3 Å². The van der Waals surface area contributed by atoms with Gasteiger partial charge in [-0.1, -0.05) is 0 Å². The van der Waals surface area contributed by atoms with Crippen LogP contribution in [0.1, 0.15) is 29.8 Å². The number of nitrogens with zero attached hydrogens (tertiary/aromatic N) is 4. The Morgan fingerprint density at radius 3 is 2.68 bits per heavy atom. The molecule has 0 N–H and O–H groups in total. The molecule has 1 saturated carbocycles. The van der Waals surface area contributed by atoms with E-state index in [9.17, 15) is 0 Å². The van der Waals surface area contributed by atoms with Gasteiger partial charge in [-0.15, -0.1) is 0 Å². The summed E-state index contributed by atoms with van der Waals surface area (Å²) in [6.45, 7) is 10.5. The van der Waals surface area contributed by atoms with Crippen molar-refractivity contribution in [3.63, 3.8) is 0 Å². The highest BCUT2D eigenvalue weighted by molar-refractivity contribution is 5.24. The second-order valence-electron chi connectivity index (χ2n) is 7.17. The van der Waals surface area contributed by atoms with Gasteiger partial charge in [-0.05, 0) is 39.7 Å². The smallest absolute Gasteiger partial charge is 0.0829 e. The second-order valence-corrected chi connectivity index (χ2v) is 7.17. The quantitative estimate of drug-likeness (QED) is 0.799. The maximum atomic E-state index is 5.98. The zero-order chi connectivity index (χ0) is 15.7. The maximum absolute atomic E-state index is 5.98. The first-order valence-electron chi connectivity index (χ1n) is 8.54. The molecule has 2 aliphatic rings. The highest BCUT2D eigenvalue weighted by Gasteiger charge is 2.27. The molecule has 1 aliphatic carbocycles. The van der Waals surface area contributed by atoms with E-state index < -0.39 is 0 Å². The predicted octanol–water partition coefficient (Wildman–Crippen LogP) is 1.58. The van der Waals surface area contributed by atoms with Gasteiger partial charge >= 0.3 is 0 Å². The highest BCUT2D eigenvalue weighted by Crippen LogP contribution is 2.29. The standard InChI is InChI=1S/C17H30N4O/c1-13-17(14(2)20(4)18-13)12-21-7-8-22-16(11-21)10-19(3)9-15-5-6-15/h15-16H,5-12H2,1-4H3/t16-/m1/s1. The first kappa shape index (κ1) is 16.0. The Bertz CT molecular complexity index is 509. The number of morpholine rings is 1. The molecule has 22 heavy (non-hydrogen) atoms. The van der Waals surface area contributed by atoms with Crippen LogP contribution in [0.25, 0.3) is 0 Å². The molecule has 0 bridgehead atoms. The molecule has 1 saturated heterocycles. The topological polar surface area (TPSA) is 33.5 Å². The third-order valence-electron chi connectivity index (χ3n) is 5.05. The van der Waals surface area contributed by atoms with Crippen molar-refractivity contribution in [2.24, 2.45) is 13.0 Å². The van der Waals surface area contributed by atoms with E-state index in [4.69, 9.17) is 4.74 Å². The van der Waals surface area contributed by atoms with E-state index in [1.807, 2.05) is 11.7 Å². The van der Waals surface area contributed by atoms with Crippen molar-refractivity contribution in [1.82, 2.24) is 19.6 Å². The second kappa shape index (κ2) is 6.69. The van der Waals surface area contributed by atoms with Crippen LogP contribution >= 0.6 is 0 Å². The van der Waals surface area contributed by atoms with Crippen LogP contribution in [0.15, 0.2) is 0 Å². The lowest BCUT2D eigenvalue weighted by Gasteiger charge is -2.35. The Kier molecular flexibility index (Phi) is 4.85.